The standard InChI is InChI=1S/C28H22ClN5O/c1-2-14-35-26-13-12-19(16-23(26)29)27-21(18-34(33-27)22-8-4-3-5-9-22)15-20(17-30)28-31-24-10-6-7-11-25(24)32-28/h3-13,15-16,18H,2,14H2,1H3,(H,31,32)/b20-15-. The molecule has 0 unspecified atom stereocenters. The number of rotatable bonds is 7. The maximum atomic E-state index is 9.97. The molecule has 0 aliphatic rings. The first-order chi connectivity index (χ1) is 17.2. The molecule has 2 aromatic heterocycles. The molecule has 5 aromatic rings. The number of allylic oxidation sites excluding steroid dienone is 1. The van der Waals surface area contributed by atoms with Gasteiger partial charge in [-0.15, -0.1) is 0 Å². The van der Waals surface area contributed by atoms with E-state index in [1.807, 2.05) is 85.9 Å². The van der Waals surface area contributed by atoms with Gasteiger partial charge in [-0.1, -0.05) is 48.9 Å². The maximum Gasteiger partial charge on any atom is 0.149 e. The van der Waals surface area contributed by atoms with Crippen molar-refractivity contribution in [3.05, 3.63) is 95.4 Å². The van der Waals surface area contributed by atoms with E-state index >= 15 is 0 Å². The lowest BCUT2D eigenvalue weighted by Crippen LogP contribution is -1.96. The van der Waals surface area contributed by atoms with Gasteiger partial charge < -0.3 is 9.72 Å². The average Bonchev–Trinajstić information content (AvgIpc) is 3.51. The molecule has 0 saturated carbocycles. The number of nitrogens with zero attached hydrogens (tertiary/aromatic N) is 4. The van der Waals surface area contributed by atoms with Crippen LogP contribution >= 0.6 is 11.6 Å². The van der Waals surface area contributed by atoms with E-state index in [0.717, 1.165) is 34.3 Å². The van der Waals surface area contributed by atoms with Crippen LogP contribution < -0.4 is 4.74 Å². The summed E-state index contributed by atoms with van der Waals surface area (Å²) < 4.78 is 7.52. The molecule has 3 aromatic carbocycles. The number of ether oxygens (including phenoxy) is 1. The third-order valence-electron chi connectivity index (χ3n) is 5.50. The first kappa shape index (κ1) is 22.5. The molecule has 2 heterocycles. The third-order valence-corrected chi connectivity index (χ3v) is 5.79. The fourth-order valence-corrected chi connectivity index (χ4v) is 4.03. The summed E-state index contributed by atoms with van der Waals surface area (Å²) in [6.45, 7) is 2.64. The molecule has 0 spiro atoms. The minimum absolute atomic E-state index is 0.407. The van der Waals surface area contributed by atoms with E-state index in [1.54, 1.807) is 10.8 Å². The molecule has 0 aliphatic carbocycles. The van der Waals surface area contributed by atoms with Crippen LogP contribution in [0.2, 0.25) is 5.02 Å². The van der Waals surface area contributed by atoms with Crippen molar-refractivity contribution in [2.24, 2.45) is 0 Å². The Balaban J connectivity index is 1.62. The van der Waals surface area contributed by atoms with E-state index in [1.165, 1.54) is 0 Å². The Bertz CT molecular complexity index is 1530. The molecular weight excluding hydrogens is 458 g/mol. The predicted molar refractivity (Wildman–Crippen MR) is 139 cm³/mol. The number of H-pyrrole nitrogens is 1. The van der Waals surface area contributed by atoms with Crippen molar-refractivity contribution in [3.63, 3.8) is 0 Å². The van der Waals surface area contributed by atoms with E-state index in [0.29, 0.717) is 34.5 Å². The van der Waals surface area contributed by atoms with Crippen molar-refractivity contribution in [2.75, 3.05) is 6.61 Å². The lowest BCUT2D eigenvalue weighted by Gasteiger charge is -2.08. The number of imidazole rings is 1. The van der Waals surface area contributed by atoms with Gasteiger partial charge in [0, 0.05) is 17.3 Å². The van der Waals surface area contributed by atoms with Gasteiger partial charge >= 0.3 is 0 Å². The Morgan fingerprint density at radius 2 is 1.91 bits per heavy atom. The average molecular weight is 480 g/mol. The number of aromatic amines is 1. The molecule has 6 nitrogen and oxygen atoms in total. The van der Waals surface area contributed by atoms with Gasteiger partial charge in [0.25, 0.3) is 0 Å². The monoisotopic (exact) mass is 479 g/mol. The molecule has 5 rings (SSSR count). The van der Waals surface area contributed by atoms with Crippen LogP contribution in [0.4, 0.5) is 0 Å². The predicted octanol–water partition coefficient (Wildman–Crippen LogP) is 6.92. The molecule has 0 fully saturated rings. The molecule has 1 N–H and O–H groups in total. The van der Waals surface area contributed by atoms with E-state index in [4.69, 9.17) is 21.4 Å². The Hall–Kier alpha value is -4.34. The van der Waals surface area contributed by atoms with Crippen molar-refractivity contribution in [2.45, 2.75) is 13.3 Å². The summed E-state index contributed by atoms with van der Waals surface area (Å²) in [6, 6.07) is 25.4. The molecule has 0 saturated heterocycles. The van der Waals surface area contributed by atoms with Crippen LogP contribution in [0.25, 0.3) is 39.6 Å². The van der Waals surface area contributed by atoms with Crippen molar-refractivity contribution in [1.29, 1.82) is 5.26 Å². The van der Waals surface area contributed by atoms with Gasteiger partial charge in [-0.2, -0.15) is 10.4 Å². The highest BCUT2D eigenvalue weighted by Crippen LogP contribution is 2.33. The Labute approximate surface area is 208 Å². The molecule has 0 radical (unpaired) electrons. The number of hydrogen-bond acceptors (Lipinski definition) is 4. The number of para-hydroxylation sites is 3. The minimum atomic E-state index is 0.407. The molecule has 0 aliphatic heterocycles. The van der Waals surface area contributed by atoms with E-state index < -0.39 is 0 Å². The van der Waals surface area contributed by atoms with Crippen LogP contribution in [0.15, 0.2) is 79.0 Å². The van der Waals surface area contributed by atoms with Gasteiger partial charge in [0.05, 0.1) is 33.9 Å². The first-order valence-electron chi connectivity index (χ1n) is 11.3. The minimum Gasteiger partial charge on any atom is -0.492 e. The van der Waals surface area contributed by atoms with Gasteiger partial charge in [0.1, 0.15) is 23.3 Å². The number of hydrogen-bond donors (Lipinski definition) is 1. The Morgan fingerprint density at radius 1 is 1.11 bits per heavy atom. The topological polar surface area (TPSA) is 79.5 Å². The van der Waals surface area contributed by atoms with Crippen LogP contribution in [0, 0.1) is 11.3 Å². The maximum absolute atomic E-state index is 9.97. The zero-order valence-electron chi connectivity index (χ0n) is 19.1. The van der Waals surface area contributed by atoms with E-state index in [9.17, 15) is 5.26 Å². The number of nitriles is 1. The summed E-state index contributed by atoms with van der Waals surface area (Å²) in [5, 5.41) is 15.3. The van der Waals surface area contributed by atoms with Crippen LogP contribution in [-0.2, 0) is 0 Å². The van der Waals surface area contributed by atoms with Crippen LogP contribution in [-0.4, -0.2) is 26.4 Å². The van der Waals surface area contributed by atoms with Gasteiger partial charge in [-0.25, -0.2) is 9.67 Å². The highest BCUT2D eigenvalue weighted by atomic mass is 35.5. The van der Waals surface area contributed by atoms with E-state index in [2.05, 4.69) is 16.0 Å². The number of benzene rings is 3. The van der Waals surface area contributed by atoms with Crippen LogP contribution in [0.3, 0.4) is 0 Å². The number of nitrogens with one attached hydrogen (secondary N) is 1. The highest BCUT2D eigenvalue weighted by Gasteiger charge is 2.16. The summed E-state index contributed by atoms with van der Waals surface area (Å²) in [4.78, 5) is 7.82. The molecule has 0 bridgehead atoms. The normalized spacial score (nSPS) is 11.5. The summed E-state index contributed by atoms with van der Waals surface area (Å²) in [6.07, 6.45) is 4.60. The Kier molecular flexibility index (Phi) is 6.34. The van der Waals surface area contributed by atoms with Crippen molar-refractivity contribution >= 4 is 34.3 Å². The summed E-state index contributed by atoms with van der Waals surface area (Å²) in [5.74, 6) is 1.14. The molecule has 7 heteroatoms. The molecular formula is C28H22ClN5O. The second-order valence-electron chi connectivity index (χ2n) is 7.98. The molecule has 0 atom stereocenters. The van der Waals surface area contributed by atoms with Crippen molar-refractivity contribution in [3.8, 4) is 28.8 Å². The summed E-state index contributed by atoms with van der Waals surface area (Å²) in [5.41, 5.74) is 5.28. The quantitative estimate of drug-likeness (QED) is 0.257. The third kappa shape index (κ3) is 4.68. The number of halogens is 1. The van der Waals surface area contributed by atoms with Crippen LogP contribution in [0.1, 0.15) is 24.7 Å². The lowest BCUT2D eigenvalue weighted by atomic mass is 10.1. The second kappa shape index (κ2) is 9.88. The smallest absolute Gasteiger partial charge is 0.149 e. The van der Waals surface area contributed by atoms with E-state index in [-0.39, 0.29) is 0 Å². The second-order valence-corrected chi connectivity index (χ2v) is 8.39. The zero-order valence-corrected chi connectivity index (χ0v) is 19.8. The molecule has 0 amide bonds. The van der Waals surface area contributed by atoms with Crippen molar-refractivity contribution in [1.82, 2.24) is 19.7 Å². The van der Waals surface area contributed by atoms with Gasteiger partial charge in [-0.05, 0) is 55.0 Å². The molecule has 172 valence electrons. The molecule has 35 heavy (non-hydrogen) atoms. The van der Waals surface area contributed by atoms with Crippen molar-refractivity contribution < 1.29 is 4.74 Å². The lowest BCUT2D eigenvalue weighted by molar-refractivity contribution is 0.317. The number of fused-ring (bicyclic) bond motifs is 1. The van der Waals surface area contributed by atoms with Gasteiger partial charge in [-0.3, -0.25) is 0 Å². The SMILES string of the molecule is CCCOc1ccc(-c2nn(-c3ccccc3)cc2/C=C(/C#N)c2nc3ccccc3[nH]2)cc1Cl. The highest BCUT2D eigenvalue weighted by molar-refractivity contribution is 6.32. The zero-order chi connectivity index (χ0) is 24.2. The fourth-order valence-electron chi connectivity index (χ4n) is 3.80. The fraction of sp³-hybridized carbons (Fsp3) is 0.107. The Morgan fingerprint density at radius 3 is 2.66 bits per heavy atom. The number of aromatic nitrogens is 4. The van der Waals surface area contributed by atoms with Gasteiger partial charge in [0.2, 0.25) is 0 Å². The summed E-state index contributed by atoms with van der Waals surface area (Å²) in [7, 11) is 0. The first-order valence-corrected chi connectivity index (χ1v) is 11.7. The van der Waals surface area contributed by atoms with Crippen LogP contribution in [0.5, 0.6) is 5.75 Å². The largest absolute Gasteiger partial charge is 0.492 e. The van der Waals surface area contributed by atoms with Gasteiger partial charge in [0.15, 0.2) is 0 Å². The summed E-state index contributed by atoms with van der Waals surface area (Å²) >= 11 is 6.52.